The third-order valence-corrected chi connectivity index (χ3v) is 3.04. The molecule has 0 bridgehead atoms. The molecule has 16 heavy (non-hydrogen) atoms. The third kappa shape index (κ3) is 3.54. The Morgan fingerprint density at radius 1 is 1.38 bits per heavy atom. The van der Waals surface area contributed by atoms with Crippen LogP contribution in [-0.4, -0.2) is 16.9 Å². The topological polar surface area (TPSA) is 27.1 Å². The quantitative estimate of drug-likeness (QED) is 0.663. The molecule has 0 aromatic carbocycles. The van der Waals surface area contributed by atoms with Crippen molar-refractivity contribution in [3.63, 3.8) is 0 Å². The molecule has 92 valence electrons. The van der Waals surface area contributed by atoms with Gasteiger partial charge in [-0.2, -0.15) is 0 Å². The normalized spacial score (nSPS) is 12.8. The van der Waals surface area contributed by atoms with Crippen molar-refractivity contribution in [2.75, 3.05) is 7.11 Å². The van der Waals surface area contributed by atoms with Gasteiger partial charge in [0.15, 0.2) is 0 Å². The zero-order valence-corrected chi connectivity index (χ0v) is 11.0. The zero-order valence-electron chi connectivity index (χ0n) is 11.0. The van der Waals surface area contributed by atoms with E-state index in [0.717, 1.165) is 5.88 Å². The summed E-state index contributed by atoms with van der Waals surface area (Å²) in [4.78, 5) is 0. The summed E-state index contributed by atoms with van der Waals surface area (Å²) in [5.41, 5.74) is 1.24. The van der Waals surface area contributed by atoms with E-state index in [0.29, 0.717) is 5.92 Å². The van der Waals surface area contributed by atoms with Crippen LogP contribution in [0.4, 0.5) is 0 Å². The van der Waals surface area contributed by atoms with Crippen LogP contribution in [-0.2, 0) is 7.05 Å². The average molecular weight is 224 g/mol. The van der Waals surface area contributed by atoms with E-state index in [-0.39, 0.29) is 0 Å². The van der Waals surface area contributed by atoms with Gasteiger partial charge >= 0.3 is 0 Å². The monoisotopic (exact) mass is 224 g/mol. The summed E-state index contributed by atoms with van der Waals surface area (Å²) in [6.45, 7) is 4.50. The van der Waals surface area contributed by atoms with Crippen LogP contribution in [0.3, 0.4) is 0 Å². The highest BCUT2D eigenvalue weighted by Crippen LogP contribution is 2.28. The molecule has 0 N–H and O–H groups in total. The number of hydrogen-bond acceptors (Lipinski definition) is 2. The molecule has 1 atom stereocenters. The van der Waals surface area contributed by atoms with Crippen molar-refractivity contribution >= 4 is 0 Å². The number of ether oxygens (including phenoxy) is 1. The number of aryl methyl sites for hydroxylation is 1. The highest BCUT2D eigenvalue weighted by molar-refractivity contribution is 5.26. The lowest BCUT2D eigenvalue weighted by atomic mass is 9.97. The molecule has 1 unspecified atom stereocenters. The maximum Gasteiger partial charge on any atom is 0.235 e. The summed E-state index contributed by atoms with van der Waals surface area (Å²) < 4.78 is 7.11. The van der Waals surface area contributed by atoms with E-state index in [1.807, 2.05) is 11.7 Å². The van der Waals surface area contributed by atoms with Crippen molar-refractivity contribution in [1.82, 2.24) is 9.78 Å². The minimum Gasteiger partial charge on any atom is -0.480 e. The molecule has 1 aromatic heterocycles. The molecule has 0 fully saturated rings. The Morgan fingerprint density at radius 2 is 2.12 bits per heavy atom. The summed E-state index contributed by atoms with van der Waals surface area (Å²) in [7, 11) is 3.63. The summed E-state index contributed by atoms with van der Waals surface area (Å²) in [6, 6.07) is 0. The maximum absolute atomic E-state index is 5.28. The van der Waals surface area contributed by atoms with Gasteiger partial charge in [0.05, 0.1) is 7.11 Å². The standard InChI is InChI=1S/C13H24N2O/c1-5-6-7-8-9-11(2)12-10-15(3)14-13(12)16-4/h10-11H,5-9H2,1-4H3. The number of methoxy groups -OCH3 is 1. The van der Waals surface area contributed by atoms with Crippen LogP contribution in [0.15, 0.2) is 6.20 Å². The smallest absolute Gasteiger partial charge is 0.235 e. The first-order chi connectivity index (χ1) is 7.69. The molecule has 3 heteroatoms. The van der Waals surface area contributed by atoms with Gasteiger partial charge in [-0.05, 0) is 12.3 Å². The van der Waals surface area contributed by atoms with Gasteiger partial charge in [0.25, 0.3) is 0 Å². The molecule has 0 saturated carbocycles. The molecular weight excluding hydrogens is 200 g/mol. The number of rotatable bonds is 7. The Labute approximate surface area is 98.8 Å². The molecule has 0 amide bonds. The molecule has 0 radical (unpaired) electrons. The molecule has 0 saturated heterocycles. The fourth-order valence-electron chi connectivity index (χ4n) is 2.02. The minimum absolute atomic E-state index is 0.542. The largest absolute Gasteiger partial charge is 0.480 e. The third-order valence-electron chi connectivity index (χ3n) is 3.04. The first kappa shape index (κ1) is 13.1. The van der Waals surface area contributed by atoms with Gasteiger partial charge in [-0.25, -0.2) is 0 Å². The van der Waals surface area contributed by atoms with Crippen molar-refractivity contribution in [2.45, 2.75) is 51.9 Å². The highest BCUT2D eigenvalue weighted by atomic mass is 16.5. The zero-order chi connectivity index (χ0) is 12.0. The van der Waals surface area contributed by atoms with Crippen molar-refractivity contribution in [2.24, 2.45) is 7.05 Å². The lowest BCUT2D eigenvalue weighted by Gasteiger charge is -2.10. The fraction of sp³-hybridized carbons (Fsp3) is 0.769. The number of aromatic nitrogens is 2. The van der Waals surface area contributed by atoms with Crippen LogP contribution < -0.4 is 4.74 Å². The molecule has 1 heterocycles. The Kier molecular flexibility index (Phi) is 5.36. The van der Waals surface area contributed by atoms with Gasteiger partial charge in [-0.1, -0.05) is 39.5 Å². The number of nitrogens with zero attached hydrogens (tertiary/aromatic N) is 2. The van der Waals surface area contributed by atoms with Crippen LogP contribution in [0.25, 0.3) is 0 Å². The summed E-state index contributed by atoms with van der Waals surface area (Å²) in [5.74, 6) is 1.32. The second-order valence-electron chi connectivity index (χ2n) is 4.52. The van der Waals surface area contributed by atoms with Crippen LogP contribution >= 0.6 is 0 Å². The predicted octanol–water partition coefficient (Wildman–Crippen LogP) is 3.50. The van der Waals surface area contributed by atoms with Gasteiger partial charge in [-0.15, -0.1) is 5.10 Å². The van der Waals surface area contributed by atoms with Crippen LogP contribution in [0, 0.1) is 0 Å². The molecule has 0 aliphatic rings. The Morgan fingerprint density at radius 3 is 2.75 bits per heavy atom. The summed E-state index contributed by atoms with van der Waals surface area (Å²) in [6.07, 6.45) is 8.57. The molecule has 0 aliphatic carbocycles. The molecule has 3 nitrogen and oxygen atoms in total. The lowest BCUT2D eigenvalue weighted by Crippen LogP contribution is -1.95. The van der Waals surface area contributed by atoms with Crippen LogP contribution in [0.5, 0.6) is 5.88 Å². The van der Waals surface area contributed by atoms with Crippen molar-refractivity contribution in [3.05, 3.63) is 11.8 Å². The Bertz CT molecular complexity index is 307. The maximum atomic E-state index is 5.28. The summed E-state index contributed by atoms with van der Waals surface area (Å²) in [5, 5.41) is 4.29. The van der Waals surface area contributed by atoms with Crippen molar-refractivity contribution < 1.29 is 4.74 Å². The van der Waals surface area contributed by atoms with Gasteiger partial charge in [0, 0.05) is 18.8 Å². The lowest BCUT2D eigenvalue weighted by molar-refractivity contribution is 0.384. The summed E-state index contributed by atoms with van der Waals surface area (Å²) >= 11 is 0. The molecule has 0 spiro atoms. The fourth-order valence-corrected chi connectivity index (χ4v) is 2.02. The molecule has 1 aromatic rings. The van der Waals surface area contributed by atoms with E-state index in [1.165, 1.54) is 37.7 Å². The van der Waals surface area contributed by atoms with Crippen molar-refractivity contribution in [1.29, 1.82) is 0 Å². The number of unbranched alkanes of at least 4 members (excludes halogenated alkanes) is 3. The number of hydrogen-bond donors (Lipinski definition) is 0. The SMILES string of the molecule is CCCCCCC(C)c1cn(C)nc1OC. The van der Waals surface area contributed by atoms with E-state index >= 15 is 0 Å². The van der Waals surface area contributed by atoms with Gasteiger partial charge < -0.3 is 4.74 Å². The van der Waals surface area contributed by atoms with E-state index in [1.54, 1.807) is 7.11 Å². The van der Waals surface area contributed by atoms with E-state index in [4.69, 9.17) is 4.74 Å². The molecule has 1 rings (SSSR count). The van der Waals surface area contributed by atoms with Crippen LogP contribution in [0.1, 0.15) is 57.4 Å². The highest BCUT2D eigenvalue weighted by Gasteiger charge is 2.14. The first-order valence-corrected chi connectivity index (χ1v) is 6.26. The average Bonchev–Trinajstić information content (AvgIpc) is 2.65. The Balaban J connectivity index is 2.48. The second-order valence-corrected chi connectivity index (χ2v) is 4.52. The minimum atomic E-state index is 0.542. The predicted molar refractivity (Wildman–Crippen MR) is 66.9 cm³/mol. The van der Waals surface area contributed by atoms with E-state index in [9.17, 15) is 0 Å². The van der Waals surface area contributed by atoms with Crippen molar-refractivity contribution in [3.8, 4) is 5.88 Å². The first-order valence-electron chi connectivity index (χ1n) is 6.26. The van der Waals surface area contributed by atoms with E-state index in [2.05, 4.69) is 25.1 Å². The van der Waals surface area contributed by atoms with Gasteiger partial charge in [-0.3, -0.25) is 4.68 Å². The molecule has 0 aliphatic heterocycles. The van der Waals surface area contributed by atoms with Gasteiger partial charge in [0.1, 0.15) is 0 Å². The van der Waals surface area contributed by atoms with Gasteiger partial charge in [0.2, 0.25) is 5.88 Å². The molecular formula is C13H24N2O. The Hall–Kier alpha value is -0.990. The second kappa shape index (κ2) is 6.56. The van der Waals surface area contributed by atoms with E-state index < -0.39 is 0 Å². The van der Waals surface area contributed by atoms with Crippen LogP contribution in [0.2, 0.25) is 0 Å².